The lowest BCUT2D eigenvalue weighted by molar-refractivity contribution is 0.182. The summed E-state index contributed by atoms with van der Waals surface area (Å²) in [5, 5.41) is 0. The number of halogens is 1. The summed E-state index contributed by atoms with van der Waals surface area (Å²) in [6.45, 7) is 0.570. The van der Waals surface area contributed by atoms with Gasteiger partial charge in [0.25, 0.3) is 0 Å². The molecule has 0 radical (unpaired) electrons. The monoisotopic (exact) mass is 276 g/mol. The minimum absolute atomic E-state index is 0. The van der Waals surface area contributed by atoms with Crippen LogP contribution in [-0.2, 0) is 6.42 Å². The first-order chi connectivity index (χ1) is 8.88. The van der Waals surface area contributed by atoms with Gasteiger partial charge in [-0.3, -0.25) is 4.98 Å². The second-order valence-corrected chi connectivity index (χ2v) is 4.55. The van der Waals surface area contributed by atoms with E-state index in [0.717, 1.165) is 29.7 Å². The van der Waals surface area contributed by atoms with E-state index in [4.69, 9.17) is 10.5 Å². The van der Waals surface area contributed by atoms with Crippen molar-refractivity contribution in [2.75, 3.05) is 6.54 Å². The number of benzene rings is 1. The summed E-state index contributed by atoms with van der Waals surface area (Å²) in [6.07, 6.45) is 5.81. The molecule has 2 N–H and O–H groups in total. The highest BCUT2D eigenvalue weighted by molar-refractivity contribution is 5.85. The van der Waals surface area contributed by atoms with Crippen LogP contribution in [-0.4, -0.2) is 17.6 Å². The maximum Gasteiger partial charge on any atom is 0.130 e. The number of hydrogen-bond donors (Lipinski definition) is 1. The maximum atomic E-state index is 6.01. The summed E-state index contributed by atoms with van der Waals surface area (Å²) in [7, 11) is 0. The molecule has 100 valence electrons. The van der Waals surface area contributed by atoms with E-state index in [-0.39, 0.29) is 18.5 Å². The number of para-hydroxylation sites is 1. The van der Waals surface area contributed by atoms with Crippen molar-refractivity contribution < 1.29 is 4.74 Å². The van der Waals surface area contributed by atoms with Gasteiger partial charge in [0.1, 0.15) is 11.9 Å². The molecule has 1 aliphatic heterocycles. The molecule has 0 bridgehead atoms. The van der Waals surface area contributed by atoms with Crippen LogP contribution in [0.4, 0.5) is 0 Å². The van der Waals surface area contributed by atoms with E-state index in [1.165, 1.54) is 5.56 Å². The van der Waals surface area contributed by atoms with Crippen molar-refractivity contribution in [1.82, 2.24) is 4.98 Å². The standard InChI is InChI=1S/C15H16N2O.ClH/c16-9-13-7-6-11-3-1-5-14(15(11)18-13)12-4-2-8-17-10-12;/h1-5,8,10,13H,6-7,9,16H2;1H/t13-;/m1./s1. The average molecular weight is 277 g/mol. The predicted octanol–water partition coefficient (Wildman–Crippen LogP) is 2.82. The van der Waals surface area contributed by atoms with Gasteiger partial charge in [-0.25, -0.2) is 0 Å². The topological polar surface area (TPSA) is 48.1 Å². The predicted molar refractivity (Wildman–Crippen MR) is 78.7 cm³/mol. The molecule has 1 aromatic carbocycles. The van der Waals surface area contributed by atoms with E-state index < -0.39 is 0 Å². The van der Waals surface area contributed by atoms with Crippen LogP contribution in [0.1, 0.15) is 12.0 Å². The Labute approximate surface area is 119 Å². The largest absolute Gasteiger partial charge is 0.488 e. The lowest BCUT2D eigenvalue weighted by Gasteiger charge is -2.27. The van der Waals surface area contributed by atoms with E-state index in [2.05, 4.69) is 29.2 Å². The smallest absolute Gasteiger partial charge is 0.130 e. The molecule has 19 heavy (non-hydrogen) atoms. The molecule has 0 aliphatic carbocycles. The zero-order valence-corrected chi connectivity index (χ0v) is 11.4. The second-order valence-electron chi connectivity index (χ2n) is 4.55. The van der Waals surface area contributed by atoms with E-state index >= 15 is 0 Å². The number of ether oxygens (including phenoxy) is 1. The van der Waals surface area contributed by atoms with Gasteiger partial charge >= 0.3 is 0 Å². The van der Waals surface area contributed by atoms with Gasteiger partial charge in [0.05, 0.1) is 0 Å². The first-order valence-corrected chi connectivity index (χ1v) is 6.27. The number of pyridine rings is 1. The molecule has 0 saturated carbocycles. The summed E-state index contributed by atoms with van der Waals surface area (Å²) >= 11 is 0. The minimum atomic E-state index is 0. The molecule has 4 heteroatoms. The Kier molecular flexibility index (Phi) is 4.40. The van der Waals surface area contributed by atoms with Crippen molar-refractivity contribution in [3.8, 4) is 16.9 Å². The Bertz CT molecular complexity index is 545. The summed E-state index contributed by atoms with van der Waals surface area (Å²) in [5.74, 6) is 0.979. The molecule has 1 aromatic heterocycles. The lowest BCUT2D eigenvalue weighted by Crippen LogP contribution is -2.30. The minimum Gasteiger partial charge on any atom is -0.488 e. The molecule has 0 fully saturated rings. The molecule has 3 rings (SSSR count). The molecule has 0 amide bonds. The molecule has 1 atom stereocenters. The van der Waals surface area contributed by atoms with Crippen molar-refractivity contribution in [3.63, 3.8) is 0 Å². The van der Waals surface area contributed by atoms with E-state index in [1.807, 2.05) is 12.3 Å². The second kappa shape index (κ2) is 6.04. The van der Waals surface area contributed by atoms with Gasteiger partial charge < -0.3 is 10.5 Å². The SMILES string of the molecule is Cl.NC[C@H]1CCc2cccc(-c3cccnc3)c2O1. The van der Waals surface area contributed by atoms with Crippen LogP contribution in [0.3, 0.4) is 0 Å². The molecular formula is C15H17ClN2O. The van der Waals surface area contributed by atoms with Crippen LogP contribution in [0.25, 0.3) is 11.1 Å². The van der Waals surface area contributed by atoms with E-state index in [1.54, 1.807) is 6.20 Å². The molecule has 1 aliphatic rings. The number of rotatable bonds is 2. The quantitative estimate of drug-likeness (QED) is 0.918. The lowest BCUT2D eigenvalue weighted by atomic mass is 9.96. The molecule has 0 unspecified atom stereocenters. The van der Waals surface area contributed by atoms with Crippen molar-refractivity contribution in [2.24, 2.45) is 5.73 Å². The van der Waals surface area contributed by atoms with Crippen LogP contribution >= 0.6 is 12.4 Å². The van der Waals surface area contributed by atoms with Gasteiger partial charge in [-0.05, 0) is 24.5 Å². The van der Waals surface area contributed by atoms with Crippen LogP contribution in [0.5, 0.6) is 5.75 Å². The maximum absolute atomic E-state index is 6.01. The van der Waals surface area contributed by atoms with Crippen molar-refractivity contribution in [1.29, 1.82) is 0 Å². The normalized spacial score (nSPS) is 17.0. The van der Waals surface area contributed by atoms with Crippen molar-refractivity contribution >= 4 is 12.4 Å². The third kappa shape index (κ3) is 2.72. The summed E-state index contributed by atoms with van der Waals surface area (Å²) < 4.78 is 6.01. The number of nitrogens with two attached hydrogens (primary N) is 1. The molecule has 2 aromatic rings. The van der Waals surface area contributed by atoms with Crippen LogP contribution in [0, 0.1) is 0 Å². The van der Waals surface area contributed by atoms with Crippen molar-refractivity contribution in [3.05, 3.63) is 48.3 Å². The third-order valence-electron chi connectivity index (χ3n) is 3.35. The first kappa shape index (κ1) is 13.8. The fraction of sp³-hybridized carbons (Fsp3) is 0.267. The number of aryl methyl sites for hydroxylation is 1. The van der Waals surface area contributed by atoms with Crippen LogP contribution < -0.4 is 10.5 Å². The molecule has 0 saturated heterocycles. The highest BCUT2D eigenvalue weighted by Crippen LogP contribution is 2.37. The van der Waals surface area contributed by atoms with Crippen LogP contribution in [0.15, 0.2) is 42.7 Å². The van der Waals surface area contributed by atoms with Gasteiger partial charge in [-0.15, -0.1) is 12.4 Å². The zero-order valence-electron chi connectivity index (χ0n) is 10.6. The summed E-state index contributed by atoms with van der Waals surface area (Å²) in [5.41, 5.74) is 9.18. The number of aromatic nitrogens is 1. The number of hydrogen-bond acceptors (Lipinski definition) is 3. The summed E-state index contributed by atoms with van der Waals surface area (Å²) in [6, 6.07) is 10.3. The molecule has 3 nitrogen and oxygen atoms in total. The number of fused-ring (bicyclic) bond motifs is 1. The van der Waals surface area contributed by atoms with Gasteiger partial charge in [0.2, 0.25) is 0 Å². The fourth-order valence-electron chi connectivity index (χ4n) is 2.38. The Morgan fingerprint density at radius 3 is 2.89 bits per heavy atom. The molecule has 0 spiro atoms. The fourth-order valence-corrected chi connectivity index (χ4v) is 2.38. The van der Waals surface area contributed by atoms with Crippen LogP contribution in [0.2, 0.25) is 0 Å². The Morgan fingerprint density at radius 2 is 2.16 bits per heavy atom. The molecular weight excluding hydrogens is 260 g/mol. The summed E-state index contributed by atoms with van der Waals surface area (Å²) in [4.78, 5) is 4.17. The Morgan fingerprint density at radius 1 is 1.26 bits per heavy atom. The Hall–Kier alpha value is -1.58. The Balaban J connectivity index is 0.00000133. The van der Waals surface area contributed by atoms with Gasteiger partial charge in [-0.2, -0.15) is 0 Å². The van der Waals surface area contributed by atoms with Crippen molar-refractivity contribution in [2.45, 2.75) is 18.9 Å². The van der Waals surface area contributed by atoms with E-state index in [9.17, 15) is 0 Å². The average Bonchev–Trinajstić information content (AvgIpc) is 2.47. The van der Waals surface area contributed by atoms with Gasteiger partial charge in [-0.1, -0.05) is 24.3 Å². The molecule has 2 heterocycles. The van der Waals surface area contributed by atoms with E-state index in [0.29, 0.717) is 6.54 Å². The highest BCUT2D eigenvalue weighted by Gasteiger charge is 2.21. The first-order valence-electron chi connectivity index (χ1n) is 6.27. The zero-order chi connectivity index (χ0) is 12.4. The number of nitrogens with zero attached hydrogens (tertiary/aromatic N) is 1. The highest BCUT2D eigenvalue weighted by atomic mass is 35.5. The van der Waals surface area contributed by atoms with Gasteiger partial charge in [0.15, 0.2) is 0 Å². The van der Waals surface area contributed by atoms with Gasteiger partial charge in [0, 0.05) is 30.1 Å². The third-order valence-corrected chi connectivity index (χ3v) is 3.35.